The summed E-state index contributed by atoms with van der Waals surface area (Å²) in [7, 11) is 0. The Bertz CT molecular complexity index is 4880. The number of rotatable bonds is 24. The molecule has 1 aliphatic heterocycles. The minimum atomic E-state index is -8.19. The number of pyridine rings is 2. The van der Waals surface area contributed by atoms with Gasteiger partial charge in [0.05, 0.1) is 22.7 Å². The average Bonchev–Trinajstić information content (AvgIpc) is 0.970. The molecule has 626 valence electrons. The molecule has 9 aromatic rings. The molecular weight excluding hydrogens is 1710 g/mol. The van der Waals surface area contributed by atoms with Crippen molar-refractivity contribution in [3.8, 4) is 45.6 Å². The van der Waals surface area contributed by atoms with Crippen molar-refractivity contribution < 1.29 is 184 Å². The fourth-order valence-corrected chi connectivity index (χ4v) is 10.7. The lowest BCUT2D eigenvalue weighted by Crippen LogP contribution is -2.68. The third kappa shape index (κ3) is 12.8. The van der Waals surface area contributed by atoms with Gasteiger partial charge < -0.3 is 0 Å². The Morgan fingerprint density at radius 1 is 0.241 bits per heavy atom. The van der Waals surface area contributed by atoms with Crippen molar-refractivity contribution in [2.24, 2.45) is 0 Å². The number of nitrogens with zero attached hydrogens (tertiary/aromatic N) is 10. The SMILES string of the molecule is FC(F)C(F)(F)C(F)(F)C(F)(F)C(F)(F)C(F)(F)c1ccc(-c2nc(-c3ccc(C(F)(F)C(F)(F)C(F)(F)C(F)(F)C(F)(F)C(F)F)nc3)nc(N3c4ccccc4N(c4nc(-c5ccc(C(F)(F)C(F)(F)C(F)(F)C(F)(F)F)cc5)nc(-c5ccc(C(F)(F)C(F)(F)C(F)(F)C(F)(F)F)cc5)n4)c4cccc5cccc3c45)n2)cn1. The van der Waals surface area contributed by atoms with Gasteiger partial charge in [0, 0.05) is 51.2 Å². The predicted octanol–water partition coefficient (Wildman–Crippen LogP) is 23.6. The predicted molar refractivity (Wildman–Crippen MR) is 310 cm³/mol. The van der Waals surface area contributed by atoms with Gasteiger partial charge in [-0.2, -0.15) is 187 Å². The Morgan fingerprint density at radius 2 is 0.509 bits per heavy atom. The van der Waals surface area contributed by atoms with Gasteiger partial charge >= 0.3 is 120 Å². The lowest BCUT2D eigenvalue weighted by atomic mass is 9.92. The van der Waals surface area contributed by atoms with Gasteiger partial charge in [-0.15, -0.1) is 0 Å². The topological polar surface area (TPSA) is 110 Å². The van der Waals surface area contributed by atoms with Crippen LogP contribution in [0.5, 0.6) is 0 Å². The zero-order valence-electron chi connectivity index (χ0n) is 54.4. The molecule has 0 aliphatic carbocycles. The number of halogens is 42. The highest BCUT2D eigenvalue weighted by Crippen LogP contribution is 2.65. The Balaban J connectivity index is 1.21. The molecule has 10 nitrogen and oxygen atoms in total. The van der Waals surface area contributed by atoms with Gasteiger partial charge in [0.15, 0.2) is 23.3 Å². The molecule has 0 spiro atoms. The lowest BCUT2D eigenvalue weighted by molar-refractivity contribution is -0.415. The van der Waals surface area contributed by atoms with Crippen LogP contribution < -0.4 is 9.80 Å². The van der Waals surface area contributed by atoms with Crippen LogP contribution >= 0.6 is 0 Å². The minimum Gasteiger partial charge on any atom is -0.276 e. The molecule has 10 rings (SSSR count). The number of fused-ring (bicyclic) bond motifs is 1. The second kappa shape index (κ2) is 27.5. The van der Waals surface area contributed by atoms with E-state index in [1.807, 2.05) is 0 Å². The Morgan fingerprint density at radius 3 is 0.776 bits per heavy atom. The highest BCUT2D eigenvalue weighted by molar-refractivity contribution is 6.12. The molecule has 0 fully saturated rings. The molecule has 0 amide bonds. The summed E-state index contributed by atoms with van der Waals surface area (Å²) in [5.41, 5.74) is -16.6. The largest absolute Gasteiger partial charge is 0.460 e. The summed E-state index contributed by atoms with van der Waals surface area (Å²) in [5, 5.41) is -0.450. The van der Waals surface area contributed by atoms with E-state index in [0.29, 0.717) is 0 Å². The molecule has 0 radical (unpaired) electrons. The van der Waals surface area contributed by atoms with Crippen molar-refractivity contribution in [1.29, 1.82) is 0 Å². The van der Waals surface area contributed by atoms with Crippen LogP contribution in [0, 0.1) is 0 Å². The molecule has 0 bridgehead atoms. The second-order valence-corrected chi connectivity index (χ2v) is 24.3. The normalized spacial score (nSPS) is 14.9. The lowest BCUT2D eigenvalue weighted by Gasteiger charge is -2.38. The van der Waals surface area contributed by atoms with E-state index in [9.17, 15) is 132 Å². The van der Waals surface area contributed by atoms with Gasteiger partial charge in [0.2, 0.25) is 11.9 Å². The fraction of sp³-hybridized carbons (Fsp3) is 0.312. The highest BCUT2D eigenvalue weighted by atomic mass is 19.4. The first kappa shape index (κ1) is 87.7. The van der Waals surface area contributed by atoms with E-state index in [1.165, 1.54) is 12.1 Å². The third-order valence-corrected chi connectivity index (χ3v) is 17.1. The van der Waals surface area contributed by atoms with Gasteiger partial charge in [-0.1, -0.05) is 84.9 Å². The number of benzene rings is 5. The monoisotopic (exact) mass is 1730 g/mol. The zero-order chi connectivity index (χ0) is 87.5. The van der Waals surface area contributed by atoms with Crippen molar-refractivity contribution in [3.05, 3.63) is 168 Å². The second-order valence-electron chi connectivity index (χ2n) is 24.3. The molecular formula is C64H26F42N10. The van der Waals surface area contributed by atoms with Gasteiger partial charge in [-0.05, 0) is 53.9 Å². The summed E-state index contributed by atoms with van der Waals surface area (Å²) in [6.45, 7) is 0. The summed E-state index contributed by atoms with van der Waals surface area (Å²) < 4.78 is 601. The average molecular weight is 1730 g/mol. The maximum atomic E-state index is 15.6. The van der Waals surface area contributed by atoms with Crippen LogP contribution in [0.15, 0.2) is 146 Å². The molecule has 52 heteroatoms. The first-order valence-electron chi connectivity index (χ1n) is 30.2. The Labute approximate surface area is 612 Å². The summed E-state index contributed by atoms with van der Waals surface area (Å²) in [4.78, 5) is 31.4. The fourth-order valence-electron chi connectivity index (χ4n) is 10.7. The molecule has 0 atom stereocenters. The van der Waals surface area contributed by atoms with Gasteiger partial charge in [-0.3, -0.25) is 19.8 Å². The maximum absolute atomic E-state index is 15.6. The van der Waals surface area contributed by atoms with Crippen molar-refractivity contribution in [2.75, 3.05) is 9.80 Å². The quantitative estimate of drug-likeness (QED) is 0.0543. The van der Waals surface area contributed by atoms with Crippen LogP contribution in [0.4, 0.5) is 219 Å². The third-order valence-electron chi connectivity index (χ3n) is 17.1. The van der Waals surface area contributed by atoms with E-state index in [2.05, 4.69) is 39.9 Å². The number of hydrogen-bond acceptors (Lipinski definition) is 10. The molecule has 0 saturated heterocycles. The molecule has 5 aromatic carbocycles. The van der Waals surface area contributed by atoms with Gasteiger partial charge in [-0.25, -0.2) is 27.5 Å². The standard InChI is InChI=1S/C64H26F42N10/c65-43(66)51(77,78)57(89,90)59(93,94)55(85,86)49(73,74)36-21-15-28(23-107-36)41-110-42(29-16-22-37(108-24-29)50(75,76)56(87,88)60(95,96)58(91,92)52(79,80)44(67)68)114-46(113-41)116-33-8-2-1-7-32(33)115(34-9-3-5-25-6-4-10-35(116)38(25)34)45-111-39(26-11-17-30(18-12-26)47(69,70)53(81,82)61(97,98)63(101,102)103)109-40(112-45)27-13-19-31(20-14-27)48(71,72)54(83,84)62(99,100)64(104,105)106/h1-24,43-44H. The van der Waals surface area contributed by atoms with E-state index in [1.54, 1.807) is 0 Å². The Kier molecular flexibility index (Phi) is 20.8. The molecule has 4 aromatic heterocycles. The zero-order valence-corrected chi connectivity index (χ0v) is 54.4. The summed E-state index contributed by atoms with van der Waals surface area (Å²) in [6, 6.07) is 9.33. The number of para-hydroxylation sites is 2. The van der Waals surface area contributed by atoms with Crippen LogP contribution in [0.3, 0.4) is 0 Å². The smallest absolute Gasteiger partial charge is 0.276 e. The van der Waals surface area contributed by atoms with Crippen LogP contribution in [-0.2, 0) is 23.7 Å². The van der Waals surface area contributed by atoms with Crippen LogP contribution in [0.25, 0.3) is 56.3 Å². The number of anilines is 6. The van der Waals surface area contributed by atoms with E-state index in [0.717, 1.165) is 58.3 Å². The molecule has 0 N–H and O–H groups in total. The highest BCUT2D eigenvalue weighted by Gasteiger charge is 2.90. The maximum Gasteiger partial charge on any atom is 0.460 e. The molecule has 0 unspecified atom stereocenters. The summed E-state index contributed by atoms with van der Waals surface area (Å²) in [5.74, 6) is -127. The summed E-state index contributed by atoms with van der Waals surface area (Å²) >= 11 is 0. The number of hydrogen-bond donors (Lipinski definition) is 0. The first-order chi connectivity index (χ1) is 52.6. The van der Waals surface area contributed by atoms with E-state index in [4.69, 9.17) is 0 Å². The first-order valence-corrected chi connectivity index (χ1v) is 30.2. The van der Waals surface area contributed by atoms with E-state index >= 15 is 52.7 Å². The van der Waals surface area contributed by atoms with Crippen LogP contribution in [0.1, 0.15) is 22.5 Å². The molecule has 1 aliphatic rings. The van der Waals surface area contributed by atoms with E-state index < -0.39 is 235 Å². The summed E-state index contributed by atoms with van der Waals surface area (Å²) in [6.07, 6.45) is -27.1. The molecule has 5 heterocycles. The van der Waals surface area contributed by atoms with Crippen molar-refractivity contribution in [1.82, 2.24) is 39.9 Å². The van der Waals surface area contributed by atoms with Crippen molar-refractivity contribution in [3.63, 3.8) is 0 Å². The molecule has 0 saturated carbocycles. The van der Waals surface area contributed by atoms with Gasteiger partial charge in [0.25, 0.3) is 0 Å². The van der Waals surface area contributed by atoms with E-state index in [-0.39, 0.29) is 83.8 Å². The van der Waals surface area contributed by atoms with Gasteiger partial charge in [0.1, 0.15) is 11.4 Å². The number of alkyl halides is 42. The number of aromatic nitrogens is 8. The minimum absolute atomic E-state index is 0.0393. The van der Waals surface area contributed by atoms with Crippen LogP contribution in [0.2, 0.25) is 0 Å². The molecule has 116 heavy (non-hydrogen) atoms. The van der Waals surface area contributed by atoms with Crippen molar-refractivity contribution >= 4 is 45.4 Å². The van der Waals surface area contributed by atoms with Crippen molar-refractivity contribution in [2.45, 2.75) is 120 Å². The van der Waals surface area contributed by atoms with Crippen LogP contribution in [-0.4, -0.2) is 136 Å². The Hall–Kier alpha value is -10.7.